The number of nitrogens with zero attached hydrogens (tertiary/aromatic N) is 2. The van der Waals surface area contributed by atoms with Gasteiger partial charge in [-0.25, -0.2) is 4.98 Å². The van der Waals surface area contributed by atoms with Crippen LogP contribution in [-0.2, 0) is 12.3 Å². The summed E-state index contributed by atoms with van der Waals surface area (Å²) in [7, 11) is 0. The van der Waals surface area contributed by atoms with Gasteiger partial charge in [-0.3, -0.25) is 9.36 Å². The van der Waals surface area contributed by atoms with Gasteiger partial charge in [0.05, 0.1) is 25.2 Å². The quantitative estimate of drug-likeness (QED) is 0.337. The summed E-state index contributed by atoms with van der Waals surface area (Å²) < 4.78 is 3.86. The molecule has 31 heavy (non-hydrogen) atoms. The maximum absolute atomic E-state index is 13.5. The van der Waals surface area contributed by atoms with Crippen LogP contribution in [0.15, 0.2) is 58.5 Å². The van der Waals surface area contributed by atoms with E-state index in [1.807, 2.05) is 16.7 Å². The summed E-state index contributed by atoms with van der Waals surface area (Å²) in [4.78, 5) is 20.3. The molecule has 3 heterocycles. The highest BCUT2D eigenvalue weighted by Crippen LogP contribution is 2.32. The Morgan fingerprint density at radius 1 is 1.10 bits per heavy atom. The summed E-state index contributed by atoms with van der Waals surface area (Å²) >= 11 is 3.26. The van der Waals surface area contributed by atoms with Crippen molar-refractivity contribution in [3.05, 3.63) is 70.0 Å². The van der Waals surface area contributed by atoms with Gasteiger partial charge in [-0.1, -0.05) is 54.2 Å². The zero-order valence-electron chi connectivity index (χ0n) is 17.9. The highest BCUT2D eigenvalue weighted by Gasteiger charge is 2.18. The van der Waals surface area contributed by atoms with Crippen LogP contribution in [0.25, 0.3) is 20.3 Å². The van der Waals surface area contributed by atoms with Crippen LogP contribution in [0, 0.1) is 6.92 Å². The first-order valence-electron chi connectivity index (χ1n) is 11.1. The maximum atomic E-state index is 13.5. The molecule has 0 amide bonds. The molecule has 0 bridgehead atoms. The molecule has 4 nitrogen and oxygen atoms in total. The summed E-state index contributed by atoms with van der Waals surface area (Å²) in [5.74, 6) is 0.823. The number of likely N-dealkylation sites (tertiary alicyclic amines) is 1. The Balaban J connectivity index is 1.50. The summed E-state index contributed by atoms with van der Waals surface area (Å²) in [5, 5.41) is 1.94. The lowest BCUT2D eigenvalue weighted by Crippen LogP contribution is -3.10. The lowest BCUT2D eigenvalue weighted by Gasteiger charge is -2.15. The van der Waals surface area contributed by atoms with Gasteiger partial charge in [0.1, 0.15) is 4.70 Å². The second-order valence-electron chi connectivity index (χ2n) is 8.40. The Hall–Kier alpha value is -2.15. The third-order valence-corrected chi connectivity index (χ3v) is 8.46. The standard InChI is InChI=1S/C25H27N3OS2/c1-18-9-2-3-10-19(18)17-30-25-26-22-20-11-4-5-12-21(20)31-23(22)24(29)28(25)16-8-15-27-13-6-7-14-27/h2-5,9-12H,6-8,13-17H2,1H3/p+1. The monoisotopic (exact) mass is 450 g/mol. The van der Waals surface area contributed by atoms with E-state index >= 15 is 0 Å². The van der Waals surface area contributed by atoms with E-state index in [2.05, 4.69) is 43.3 Å². The van der Waals surface area contributed by atoms with E-state index in [9.17, 15) is 4.79 Å². The third-order valence-electron chi connectivity index (χ3n) is 6.29. The number of rotatable bonds is 7. The first kappa shape index (κ1) is 20.7. The number of aromatic nitrogens is 2. The normalized spacial score (nSPS) is 14.7. The zero-order valence-corrected chi connectivity index (χ0v) is 19.5. The molecule has 0 spiro atoms. The van der Waals surface area contributed by atoms with E-state index in [1.165, 1.54) is 37.1 Å². The molecule has 160 valence electrons. The second-order valence-corrected chi connectivity index (χ2v) is 10.4. The fourth-order valence-corrected chi connectivity index (χ4v) is 6.67. The second kappa shape index (κ2) is 9.15. The van der Waals surface area contributed by atoms with Crippen molar-refractivity contribution in [3.63, 3.8) is 0 Å². The van der Waals surface area contributed by atoms with Crippen molar-refractivity contribution >= 4 is 43.4 Å². The van der Waals surface area contributed by atoms with Gasteiger partial charge in [0.25, 0.3) is 5.56 Å². The van der Waals surface area contributed by atoms with Crippen LogP contribution < -0.4 is 10.5 Å². The minimum absolute atomic E-state index is 0.120. The molecule has 1 saturated heterocycles. The highest BCUT2D eigenvalue weighted by molar-refractivity contribution is 7.98. The van der Waals surface area contributed by atoms with Gasteiger partial charge in [0, 0.05) is 41.6 Å². The largest absolute Gasteiger partial charge is 0.335 e. The van der Waals surface area contributed by atoms with Gasteiger partial charge in [-0.05, 0) is 24.1 Å². The van der Waals surface area contributed by atoms with Gasteiger partial charge in [-0.15, -0.1) is 11.3 Å². The van der Waals surface area contributed by atoms with E-state index in [-0.39, 0.29) is 5.56 Å². The Kier molecular flexibility index (Phi) is 6.12. The Bertz CT molecular complexity index is 1270. The molecule has 0 unspecified atom stereocenters. The molecule has 2 aromatic heterocycles. The van der Waals surface area contributed by atoms with Crippen molar-refractivity contribution in [2.45, 2.75) is 43.6 Å². The molecule has 6 heteroatoms. The average Bonchev–Trinajstić information content (AvgIpc) is 3.43. The number of fused-ring (bicyclic) bond motifs is 3. The van der Waals surface area contributed by atoms with Gasteiger partial charge in [-0.2, -0.15) is 0 Å². The van der Waals surface area contributed by atoms with Crippen LogP contribution in [0.2, 0.25) is 0 Å². The number of aryl methyl sites for hydroxylation is 1. The van der Waals surface area contributed by atoms with Gasteiger partial charge >= 0.3 is 0 Å². The fraction of sp³-hybridized carbons (Fsp3) is 0.360. The molecule has 5 rings (SSSR count). The lowest BCUT2D eigenvalue weighted by atomic mass is 10.1. The molecule has 4 aromatic rings. The van der Waals surface area contributed by atoms with Crippen LogP contribution in [0.1, 0.15) is 30.4 Å². The molecule has 0 radical (unpaired) electrons. The van der Waals surface area contributed by atoms with E-state index in [0.29, 0.717) is 0 Å². The summed E-state index contributed by atoms with van der Waals surface area (Å²) in [6.07, 6.45) is 3.69. The molecule has 1 fully saturated rings. The van der Waals surface area contributed by atoms with E-state index in [4.69, 9.17) is 4.98 Å². The van der Waals surface area contributed by atoms with Crippen LogP contribution >= 0.6 is 23.1 Å². The highest BCUT2D eigenvalue weighted by atomic mass is 32.2. The minimum atomic E-state index is 0.120. The summed E-state index contributed by atoms with van der Waals surface area (Å²) in [5.41, 5.74) is 3.56. The van der Waals surface area contributed by atoms with Crippen LogP contribution in [-0.4, -0.2) is 29.2 Å². The number of thioether (sulfide) groups is 1. The van der Waals surface area contributed by atoms with Gasteiger partial charge in [0.2, 0.25) is 0 Å². The van der Waals surface area contributed by atoms with Crippen molar-refractivity contribution in [3.8, 4) is 0 Å². The van der Waals surface area contributed by atoms with Crippen LogP contribution in [0.3, 0.4) is 0 Å². The number of thiophene rings is 1. The summed E-state index contributed by atoms with van der Waals surface area (Å²) in [6, 6.07) is 16.7. The van der Waals surface area contributed by atoms with Gasteiger partial charge in [0.15, 0.2) is 5.16 Å². The van der Waals surface area contributed by atoms with E-state index in [1.54, 1.807) is 28.0 Å². The van der Waals surface area contributed by atoms with Crippen LogP contribution in [0.5, 0.6) is 0 Å². The smallest absolute Gasteiger partial charge is 0.272 e. The average molecular weight is 451 g/mol. The van der Waals surface area contributed by atoms with Crippen molar-refractivity contribution in [1.29, 1.82) is 0 Å². The summed E-state index contributed by atoms with van der Waals surface area (Å²) in [6.45, 7) is 6.58. The van der Waals surface area contributed by atoms with E-state index in [0.717, 1.165) is 50.7 Å². The Morgan fingerprint density at radius 2 is 1.87 bits per heavy atom. The first-order valence-corrected chi connectivity index (χ1v) is 12.9. The van der Waals surface area contributed by atoms with Crippen molar-refractivity contribution in [2.75, 3.05) is 19.6 Å². The van der Waals surface area contributed by atoms with E-state index < -0.39 is 0 Å². The number of benzene rings is 2. The Morgan fingerprint density at radius 3 is 2.71 bits per heavy atom. The molecule has 0 aliphatic carbocycles. The molecular formula is C25H28N3OS2+. The topological polar surface area (TPSA) is 39.3 Å². The Labute approximate surface area is 190 Å². The number of nitrogens with one attached hydrogen (secondary N) is 1. The molecule has 1 N–H and O–H groups in total. The molecule has 1 aliphatic rings. The molecule has 0 atom stereocenters. The van der Waals surface area contributed by atoms with Crippen molar-refractivity contribution in [1.82, 2.24) is 9.55 Å². The van der Waals surface area contributed by atoms with Crippen molar-refractivity contribution in [2.24, 2.45) is 0 Å². The fourth-order valence-electron chi connectivity index (χ4n) is 4.49. The predicted molar refractivity (Wildman–Crippen MR) is 132 cm³/mol. The molecule has 1 aliphatic heterocycles. The predicted octanol–water partition coefficient (Wildman–Crippen LogP) is 4.28. The molecular weight excluding hydrogens is 422 g/mol. The van der Waals surface area contributed by atoms with Gasteiger partial charge < -0.3 is 4.90 Å². The number of hydrogen-bond donors (Lipinski definition) is 1. The lowest BCUT2D eigenvalue weighted by molar-refractivity contribution is -0.887. The molecule has 0 saturated carbocycles. The van der Waals surface area contributed by atoms with Crippen molar-refractivity contribution < 1.29 is 4.90 Å². The SMILES string of the molecule is Cc1ccccc1CSc1nc2c(sc3ccccc32)c(=O)n1CCC[NH+]1CCCC1. The van der Waals surface area contributed by atoms with Crippen LogP contribution in [0.4, 0.5) is 0 Å². The maximum Gasteiger partial charge on any atom is 0.272 e. The third kappa shape index (κ3) is 4.29. The number of quaternary nitrogens is 1. The minimum Gasteiger partial charge on any atom is -0.335 e. The zero-order chi connectivity index (χ0) is 21.2. The first-order chi connectivity index (χ1) is 15.2. The number of hydrogen-bond acceptors (Lipinski definition) is 4. The molecule has 2 aromatic carbocycles.